The molecule has 1 atom stereocenters. The fourth-order valence-electron chi connectivity index (χ4n) is 2.47. The first-order valence-electron chi connectivity index (χ1n) is 6.46. The van der Waals surface area contributed by atoms with Crippen molar-refractivity contribution < 1.29 is 4.79 Å². The van der Waals surface area contributed by atoms with Crippen molar-refractivity contribution in [3.05, 3.63) is 23.4 Å². The third-order valence-corrected chi connectivity index (χ3v) is 3.44. The molecule has 2 heterocycles. The number of carbonyl (C=O) groups is 1. The second-order valence-electron chi connectivity index (χ2n) is 5.14. The van der Waals surface area contributed by atoms with E-state index in [2.05, 4.69) is 29.3 Å². The number of carbonyl (C=O) groups excluding carboxylic acids is 1. The molecule has 2 rings (SSSR count). The number of amides is 1. The molecule has 0 saturated carbocycles. The first-order valence-corrected chi connectivity index (χ1v) is 6.46. The number of nitrogen functional groups attached to an aromatic ring is 1. The van der Waals surface area contributed by atoms with Gasteiger partial charge in [0.25, 0.3) is 5.91 Å². The second-order valence-corrected chi connectivity index (χ2v) is 5.14. The highest BCUT2D eigenvalue weighted by Crippen LogP contribution is 2.16. The quantitative estimate of drug-likeness (QED) is 0.598. The highest BCUT2D eigenvalue weighted by atomic mass is 16.2. The molecule has 3 N–H and O–H groups in total. The molecule has 0 bridgehead atoms. The summed E-state index contributed by atoms with van der Waals surface area (Å²) in [4.78, 5) is 20.9. The van der Waals surface area contributed by atoms with Gasteiger partial charge in [0, 0.05) is 36.9 Å². The van der Waals surface area contributed by atoms with Crippen molar-refractivity contribution in [1.82, 2.24) is 14.8 Å². The van der Waals surface area contributed by atoms with Gasteiger partial charge in [-0.15, -0.1) is 0 Å². The minimum absolute atomic E-state index is 0.0441. The average molecular weight is 263 g/mol. The summed E-state index contributed by atoms with van der Waals surface area (Å²) < 4.78 is 0. The van der Waals surface area contributed by atoms with Gasteiger partial charge in [-0.05, 0) is 33.0 Å². The van der Waals surface area contributed by atoms with Crippen LogP contribution in [0.1, 0.15) is 23.0 Å². The lowest BCUT2D eigenvalue weighted by Crippen LogP contribution is -2.52. The molecule has 1 aromatic heterocycles. The lowest BCUT2D eigenvalue weighted by atomic mass is 10.1. The fourth-order valence-corrected chi connectivity index (χ4v) is 2.47. The van der Waals surface area contributed by atoms with Gasteiger partial charge in [-0.25, -0.2) is 10.8 Å². The number of nitrogens with zero attached hydrogens (tertiary/aromatic N) is 3. The predicted molar refractivity (Wildman–Crippen MR) is 74.8 cm³/mol. The van der Waals surface area contributed by atoms with Gasteiger partial charge >= 0.3 is 0 Å². The zero-order chi connectivity index (χ0) is 14.0. The Morgan fingerprint density at radius 3 is 2.84 bits per heavy atom. The highest BCUT2D eigenvalue weighted by Gasteiger charge is 2.26. The number of pyridine rings is 1. The van der Waals surface area contributed by atoms with Crippen LogP contribution >= 0.6 is 0 Å². The van der Waals surface area contributed by atoms with Crippen LogP contribution in [0.2, 0.25) is 0 Å². The number of anilines is 1. The summed E-state index contributed by atoms with van der Waals surface area (Å²) in [6.45, 7) is 6.48. The lowest BCUT2D eigenvalue weighted by Gasteiger charge is -2.38. The number of piperazine rings is 1. The Morgan fingerprint density at radius 1 is 1.47 bits per heavy atom. The Balaban J connectivity index is 2.21. The minimum Gasteiger partial charge on any atom is -0.333 e. The van der Waals surface area contributed by atoms with E-state index in [4.69, 9.17) is 5.84 Å². The van der Waals surface area contributed by atoms with E-state index < -0.39 is 0 Å². The van der Waals surface area contributed by atoms with Crippen molar-refractivity contribution in [2.75, 3.05) is 32.1 Å². The van der Waals surface area contributed by atoms with Gasteiger partial charge < -0.3 is 15.2 Å². The van der Waals surface area contributed by atoms with E-state index >= 15 is 0 Å². The maximum absolute atomic E-state index is 12.5. The van der Waals surface area contributed by atoms with E-state index in [0.29, 0.717) is 11.4 Å². The molecule has 0 radical (unpaired) electrons. The summed E-state index contributed by atoms with van der Waals surface area (Å²) in [7, 11) is 2.07. The van der Waals surface area contributed by atoms with E-state index in [-0.39, 0.29) is 11.9 Å². The molecule has 19 heavy (non-hydrogen) atoms. The molecule has 1 fully saturated rings. The van der Waals surface area contributed by atoms with Crippen molar-refractivity contribution in [1.29, 1.82) is 0 Å². The molecule has 1 aliphatic heterocycles. The number of nitrogens with two attached hydrogens (primary N) is 1. The third-order valence-electron chi connectivity index (χ3n) is 3.44. The molecular weight excluding hydrogens is 242 g/mol. The molecule has 1 aromatic rings. The Morgan fingerprint density at radius 2 is 2.21 bits per heavy atom. The summed E-state index contributed by atoms with van der Waals surface area (Å²) in [5.41, 5.74) is 3.91. The number of rotatable bonds is 2. The van der Waals surface area contributed by atoms with E-state index in [1.807, 2.05) is 11.8 Å². The zero-order valence-electron chi connectivity index (χ0n) is 11.7. The van der Waals surface area contributed by atoms with Crippen LogP contribution in [0.15, 0.2) is 12.1 Å². The number of aryl methyl sites for hydroxylation is 1. The van der Waals surface area contributed by atoms with Crippen LogP contribution in [0.3, 0.4) is 0 Å². The fraction of sp³-hybridized carbons (Fsp3) is 0.538. The van der Waals surface area contributed by atoms with E-state index in [1.54, 1.807) is 12.1 Å². The van der Waals surface area contributed by atoms with Gasteiger partial charge in [0.2, 0.25) is 0 Å². The Hall–Kier alpha value is -1.66. The van der Waals surface area contributed by atoms with Crippen LogP contribution in [0.5, 0.6) is 0 Å². The number of aromatic nitrogens is 1. The van der Waals surface area contributed by atoms with Crippen molar-refractivity contribution in [3.8, 4) is 0 Å². The molecule has 1 saturated heterocycles. The second kappa shape index (κ2) is 5.54. The van der Waals surface area contributed by atoms with Gasteiger partial charge in [0.05, 0.1) is 0 Å². The number of hydrogen-bond donors (Lipinski definition) is 2. The van der Waals surface area contributed by atoms with Gasteiger partial charge in [0.1, 0.15) is 5.82 Å². The van der Waals surface area contributed by atoms with E-state index in [1.165, 1.54) is 0 Å². The largest absolute Gasteiger partial charge is 0.333 e. The first-order chi connectivity index (χ1) is 9.01. The normalized spacial score (nSPS) is 20.4. The highest BCUT2D eigenvalue weighted by molar-refractivity contribution is 5.95. The Labute approximate surface area is 113 Å². The van der Waals surface area contributed by atoms with Crippen molar-refractivity contribution in [2.45, 2.75) is 19.9 Å². The topological polar surface area (TPSA) is 74.5 Å². The molecule has 0 aromatic carbocycles. The van der Waals surface area contributed by atoms with Gasteiger partial charge in [0.15, 0.2) is 0 Å². The zero-order valence-corrected chi connectivity index (χ0v) is 11.7. The predicted octanol–water partition coefficient (Wildman–Crippen LogP) is 0.452. The molecule has 1 aliphatic rings. The van der Waals surface area contributed by atoms with Crippen LogP contribution < -0.4 is 11.3 Å². The summed E-state index contributed by atoms with van der Waals surface area (Å²) in [5.74, 6) is 5.93. The molecular formula is C13H21N5O. The van der Waals surface area contributed by atoms with Crippen LogP contribution in [-0.2, 0) is 0 Å². The van der Waals surface area contributed by atoms with Crippen molar-refractivity contribution >= 4 is 11.7 Å². The average Bonchev–Trinajstić information content (AvgIpc) is 2.37. The van der Waals surface area contributed by atoms with Crippen molar-refractivity contribution in [3.63, 3.8) is 0 Å². The van der Waals surface area contributed by atoms with Gasteiger partial charge in [-0.2, -0.15) is 0 Å². The monoisotopic (exact) mass is 263 g/mol. The van der Waals surface area contributed by atoms with Crippen LogP contribution in [0, 0.1) is 6.92 Å². The maximum Gasteiger partial charge on any atom is 0.254 e. The Bertz CT molecular complexity index is 476. The van der Waals surface area contributed by atoms with E-state index in [9.17, 15) is 4.79 Å². The SMILES string of the molecule is Cc1cc(C(=O)N2CCN(C)CC2C)cc(NN)n1. The summed E-state index contributed by atoms with van der Waals surface area (Å²) in [6, 6.07) is 3.71. The molecule has 104 valence electrons. The standard InChI is InChI=1S/C13H21N5O/c1-9-6-11(7-12(15-9)16-14)13(19)18-5-4-17(3)8-10(18)2/h6-7,10H,4-5,8,14H2,1-3H3,(H,15,16). The van der Waals surface area contributed by atoms with E-state index in [0.717, 1.165) is 25.3 Å². The summed E-state index contributed by atoms with van der Waals surface area (Å²) in [6.07, 6.45) is 0. The molecule has 1 amide bonds. The number of hydrogen-bond acceptors (Lipinski definition) is 5. The molecule has 0 spiro atoms. The summed E-state index contributed by atoms with van der Waals surface area (Å²) in [5, 5.41) is 0. The lowest BCUT2D eigenvalue weighted by molar-refractivity contribution is 0.0533. The molecule has 1 unspecified atom stereocenters. The smallest absolute Gasteiger partial charge is 0.254 e. The third kappa shape index (κ3) is 3.02. The summed E-state index contributed by atoms with van der Waals surface area (Å²) >= 11 is 0. The number of nitrogens with one attached hydrogen (secondary N) is 1. The maximum atomic E-state index is 12.5. The van der Waals surface area contributed by atoms with Gasteiger partial charge in [-0.1, -0.05) is 0 Å². The Kier molecular flexibility index (Phi) is 4.01. The first kappa shape index (κ1) is 13.8. The van der Waals surface area contributed by atoms with Crippen LogP contribution in [0.25, 0.3) is 0 Å². The molecule has 6 heteroatoms. The molecule has 0 aliphatic carbocycles. The number of hydrazine groups is 1. The van der Waals surface area contributed by atoms with Crippen molar-refractivity contribution in [2.24, 2.45) is 5.84 Å². The van der Waals surface area contributed by atoms with Crippen LogP contribution in [0.4, 0.5) is 5.82 Å². The van der Waals surface area contributed by atoms with Crippen LogP contribution in [-0.4, -0.2) is 53.4 Å². The van der Waals surface area contributed by atoms with Gasteiger partial charge in [-0.3, -0.25) is 4.79 Å². The number of likely N-dealkylation sites (N-methyl/N-ethyl adjacent to an activating group) is 1. The molecule has 6 nitrogen and oxygen atoms in total. The minimum atomic E-state index is 0.0441.